The molecule has 8 nitrogen and oxygen atoms in total. The maximum atomic E-state index is 14.0. The normalized spacial score (nSPS) is 18.3. The van der Waals surface area contributed by atoms with Crippen LogP contribution in [0.25, 0.3) is 0 Å². The first-order valence-corrected chi connectivity index (χ1v) is 12.0. The van der Waals surface area contributed by atoms with Crippen molar-refractivity contribution in [3.63, 3.8) is 0 Å². The van der Waals surface area contributed by atoms with E-state index in [0.717, 1.165) is 24.1 Å². The number of aliphatic imine (C=N–C) groups is 1. The lowest BCUT2D eigenvalue weighted by Crippen LogP contribution is -2.46. The van der Waals surface area contributed by atoms with Crippen LogP contribution < -0.4 is 19.8 Å². The van der Waals surface area contributed by atoms with Crippen LogP contribution in [-0.4, -0.2) is 64.4 Å². The minimum Gasteiger partial charge on any atom is -0.355 e. The van der Waals surface area contributed by atoms with Gasteiger partial charge in [-0.2, -0.15) is 0 Å². The molecule has 11 heteroatoms. The molecule has 4 rings (SSSR count). The number of hydrogen-bond acceptors (Lipinski definition) is 5. The monoisotopic (exact) mass is 574 g/mol. The third-order valence-corrected chi connectivity index (χ3v) is 7.39. The van der Waals surface area contributed by atoms with Crippen molar-refractivity contribution in [2.45, 2.75) is 18.9 Å². The fourth-order valence-corrected chi connectivity index (χ4v) is 5.50. The van der Waals surface area contributed by atoms with Crippen LogP contribution in [0.3, 0.4) is 0 Å². The molecule has 32 heavy (non-hydrogen) atoms. The fourth-order valence-electron chi connectivity index (χ4n) is 4.07. The molecule has 1 atom stereocenters. The van der Waals surface area contributed by atoms with Crippen LogP contribution in [0, 0.1) is 5.82 Å². The van der Waals surface area contributed by atoms with Gasteiger partial charge in [0.25, 0.3) is 0 Å². The number of guanidine groups is 1. The summed E-state index contributed by atoms with van der Waals surface area (Å²) >= 11 is 0. The zero-order valence-electron chi connectivity index (χ0n) is 17.9. The molecule has 0 aliphatic carbocycles. The van der Waals surface area contributed by atoms with Crippen molar-refractivity contribution in [2.24, 2.45) is 4.99 Å². The smallest absolute Gasteiger partial charge is 0.236 e. The molecule has 1 aromatic carbocycles. The SMILES string of the molecule is CN=C(NCCS(=O)(=O)N1CCc2ccccc21)NC1CCN(c2ncccc2F)C1.I. The van der Waals surface area contributed by atoms with Crippen LogP contribution >= 0.6 is 24.0 Å². The summed E-state index contributed by atoms with van der Waals surface area (Å²) in [4.78, 5) is 10.2. The highest BCUT2D eigenvalue weighted by Gasteiger charge is 2.29. The quantitative estimate of drug-likeness (QED) is 0.312. The van der Waals surface area contributed by atoms with E-state index < -0.39 is 10.0 Å². The van der Waals surface area contributed by atoms with E-state index >= 15 is 0 Å². The average Bonchev–Trinajstić information content (AvgIpc) is 3.40. The summed E-state index contributed by atoms with van der Waals surface area (Å²) in [6, 6.07) is 10.7. The van der Waals surface area contributed by atoms with Gasteiger partial charge in [-0.1, -0.05) is 18.2 Å². The molecule has 2 N–H and O–H groups in total. The number of nitrogens with zero attached hydrogens (tertiary/aromatic N) is 4. The Morgan fingerprint density at radius 3 is 2.84 bits per heavy atom. The number of halogens is 2. The summed E-state index contributed by atoms with van der Waals surface area (Å²) in [5.74, 6) is 0.522. The van der Waals surface area contributed by atoms with Crippen LogP contribution in [0.5, 0.6) is 0 Å². The Morgan fingerprint density at radius 1 is 1.25 bits per heavy atom. The Labute approximate surface area is 205 Å². The fraction of sp³-hybridized carbons (Fsp3) is 0.429. The van der Waals surface area contributed by atoms with E-state index in [9.17, 15) is 12.8 Å². The molecule has 1 aromatic heterocycles. The van der Waals surface area contributed by atoms with Crippen LogP contribution in [0.15, 0.2) is 47.6 Å². The molecule has 1 saturated heterocycles. The van der Waals surface area contributed by atoms with Crippen molar-refractivity contribution in [1.82, 2.24) is 15.6 Å². The van der Waals surface area contributed by atoms with Gasteiger partial charge in [0.1, 0.15) is 0 Å². The van der Waals surface area contributed by atoms with Crippen LogP contribution in [-0.2, 0) is 16.4 Å². The highest BCUT2D eigenvalue weighted by molar-refractivity contribution is 14.0. The molecular formula is C21H28FIN6O2S. The Hall–Kier alpha value is -2.15. The van der Waals surface area contributed by atoms with E-state index in [2.05, 4.69) is 20.6 Å². The van der Waals surface area contributed by atoms with E-state index in [1.54, 1.807) is 19.3 Å². The minimum atomic E-state index is -3.42. The van der Waals surface area contributed by atoms with Crippen molar-refractivity contribution in [3.05, 3.63) is 54.0 Å². The van der Waals surface area contributed by atoms with Gasteiger partial charge in [0.05, 0.1) is 11.4 Å². The Kier molecular flexibility index (Phi) is 8.15. The van der Waals surface area contributed by atoms with Crippen LogP contribution in [0.1, 0.15) is 12.0 Å². The standard InChI is InChI=1S/C21H27FN6O2S.HI/c1-23-21(26-17-9-12-27(15-17)20-18(22)6-4-10-24-20)25-11-14-31(29,30)28-13-8-16-5-2-3-7-19(16)28;/h2-7,10,17H,8-9,11-15H2,1H3,(H2,23,25,26);1H. The number of rotatable bonds is 6. The molecule has 1 unspecified atom stereocenters. The zero-order valence-corrected chi connectivity index (χ0v) is 21.0. The van der Waals surface area contributed by atoms with Crippen molar-refractivity contribution < 1.29 is 12.8 Å². The number of fused-ring (bicyclic) bond motifs is 1. The molecule has 0 radical (unpaired) electrons. The van der Waals surface area contributed by atoms with Crippen LogP contribution in [0.2, 0.25) is 0 Å². The van der Waals surface area contributed by atoms with Gasteiger partial charge in [0.15, 0.2) is 17.6 Å². The summed E-state index contributed by atoms with van der Waals surface area (Å²) in [5.41, 5.74) is 1.84. The molecule has 0 spiro atoms. The molecule has 0 saturated carbocycles. The first-order valence-electron chi connectivity index (χ1n) is 10.4. The Bertz CT molecular complexity index is 1070. The lowest BCUT2D eigenvalue weighted by Gasteiger charge is -2.21. The number of nitrogens with one attached hydrogen (secondary N) is 2. The molecule has 0 amide bonds. The van der Waals surface area contributed by atoms with E-state index in [4.69, 9.17) is 0 Å². The number of aromatic nitrogens is 1. The molecule has 3 heterocycles. The van der Waals surface area contributed by atoms with Gasteiger partial charge in [0.2, 0.25) is 10.0 Å². The second kappa shape index (κ2) is 10.6. The molecule has 174 valence electrons. The predicted octanol–water partition coefficient (Wildman–Crippen LogP) is 1.97. The van der Waals surface area contributed by atoms with Crippen LogP contribution in [0.4, 0.5) is 15.9 Å². The van der Waals surface area contributed by atoms with E-state index in [-0.39, 0.29) is 48.1 Å². The maximum Gasteiger partial charge on any atom is 0.236 e. The molecule has 1 fully saturated rings. The molecular weight excluding hydrogens is 546 g/mol. The van der Waals surface area contributed by atoms with Gasteiger partial charge in [-0.05, 0) is 36.6 Å². The molecule has 2 aromatic rings. The van der Waals surface area contributed by atoms with Crippen molar-refractivity contribution >= 4 is 51.5 Å². The predicted molar refractivity (Wildman–Crippen MR) is 136 cm³/mol. The molecule has 2 aliphatic heterocycles. The van der Waals surface area contributed by atoms with Gasteiger partial charge in [-0.15, -0.1) is 24.0 Å². The lowest BCUT2D eigenvalue weighted by molar-refractivity contribution is 0.590. The van der Waals surface area contributed by atoms with Crippen molar-refractivity contribution in [3.8, 4) is 0 Å². The topological polar surface area (TPSA) is 89.9 Å². The highest BCUT2D eigenvalue weighted by Crippen LogP contribution is 2.29. The number of pyridine rings is 1. The van der Waals surface area contributed by atoms with Gasteiger partial charge in [-0.25, -0.2) is 17.8 Å². The zero-order chi connectivity index (χ0) is 21.8. The first-order chi connectivity index (χ1) is 15.0. The highest BCUT2D eigenvalue weighted by atomic mass is 127. The average molecular weight is 574 g/mol. The number of sulfonamides is 1. The van der Waals surface area contributed by atoms with E-state index in [1.165, 1.54) is 10.4 Å². The minimum absolute atomic E-state index is 0. The largest absolute Gasteiger partial charge is 0.355 e. The summed E-state index contributed by atoms with van der Waals surface area (Å²) in [6.45, 7) is 2.01. The van der Waals surface area contributed by atoms with Crippen molar-refractivity contribution in [1.29, 1.82) is 0 Å². The first kappa shape index (κ1) is 24.5. The second-order valence-electron chi connectivity index (χ2n) is 7.65. The lowest BCUT2D eigenvalue weighted by atomic mass is 10.2. The number of hydrogen-bond donors (Lipinski definition) is 2. The Morgan fingerprint density at radius 2 is 2.06 bits per heavy atom. The molecule has 2 aliphatic rings. The van der Waals surface area contributed by atoms with E-state index in [0.29, 0.717) is 31.4 Å². The third-order valence-electron chi connectivity index (χ3n) is 5.62. The van der Waals surface area contributed by atoms with Crippen molar-refractivity contribution in [2.75, 3.05) is 48.2 Å². The summed E-state index contributed by atoms with van der Waals surface area (Å²) in [7, 11) is -1.78. The Balaban J connectivity index is 0.00000289. The van der Waals surface area contributed by atoms with Gasteiger partial charge >= 0.3 is 0 Å². The third kappa shape index (κ3) is 5.42. The summed E-state index contributed by atoms with van der Waals surface area (Å²) < 4.78 is 41.1. The van der Waals surface area contributed by atoms with Gasteiger partial charge in [0, 0.05) is 45.5 Å². The van der Waals surface area contributed by atoms with E-state index in [1.807, 2.05) is 29.2 Å². The second-order valence-corrected chi connectivity index (χ2v) is 9.66. The number of benzene rings is 1. The summed E-state index contributed by atoms with van der Waals surface area (Å²) in [5, 5.41) is 6.39. The molecule has 0 bridgehead atoms. The summed E-state index contributed by atoms with van der Waals surface area (Å²) in [6.07, 6.45) is 3.12. The van der Waals surface area contributed by atoms with Gasteiger partial charge < -0.3 is 15.5 Å². The maximum absolute atomic E-state index is 14.0. The number of anilines is 2. The number of para-hydroxylation sites is 1. The van der Waals surface area contributed by atoms with Gasteiger partial charge in [-0.3, -0.25) is 9.30 Å².